The van der Waals surface area contributed by atoms with E-state index in [9.17, 15) is 4.79 Å². The molecule has 2 aromatic carbocycles. The number of nitrogens with one attached hydrogen (secondary N) is 1. The second-order valence-corrected chi connectivity index (χ2v) is 7.04. The molecular formula is C25H25N3O4. The molecule has 1 N–H and O–H groups in total. The zero-order valence-corrected chi connectivity index (χ0v) is 18.1. The number of benzene rings is 2. The maximum absolute atomic E-state index is 12.3. The quantitative estimate of drug-likeness (QED) is 0.487. The first kappa shape index (κ1) is 22.6. The number of hydrogen-bond donors (Lipinski definition) is 1. The first-order valence-corrected chi connectivity index (χ1v) is 10.1. The lowest BCUT2D eigenvalue weighted by molar-refractivity contribution is -0.120. The van der Waals surface area contributed by atoms with Crippen LogP contribution < -0.4 is 19.5 Å². The maximum Gasteiger partial charge on any atom is 0.241 e. The van der Waals surface area contributed by atoms with E-state index in [2.05, 4.69) is 15.1 Å². The largest absolute Gasteiger partial charge is 0.497 e. The number of methoxy groups -OCH3 is 2. The SMILES string of the molecule is [C-]#[N+]Cc1ccc(Oc2ccc(CC(=O)NCCc3cccc(OC)c3)cc2OC)nc1. The molecule has 0 aliphatic carbocycles. The van der Waals surface area contributed by atoms with E-state index in [4.69, 9.17) is 20.8 Å². The highest BCUT2D eigenvalue weighted by atomic mass is 16.5. The fourth-order valence-corrected chi connectivity index (χ4v) is 3.10. The van der Waals surface area contributed by atoms with E-state index in [1.807, 2.05) is 30.3 Å². The fraction of sp³-hybridized carbons (Fsp3) is 0.240. The molecule has 0 atom stereocenters. The summed E-state index contributed by atoms with van der Waals surface area (Å²) in [4.78, 5) is 19.9. The van der Waals surface area contributed by atoms with Crippen molar-refractivity contribution in [1.82, 2.24) is 10.3 Å². The summed E-state index contributed by atoms with van der Waals surface area (Å²) < 4.78 is 16.4. The summed E-state index contributed by atoms with van der Waals surface area (Å²) >= 11 is 0. The molecule has 32 heavy (non-hydrogen) atoms. The molecule has 1 amide bonds. The number of rotatable bonds is 10. The molecule has 3 aromatic rings. The summed E-state index contributed by atoms with van der Waals surface area (Å²) in [7, 11) is 3.18. The third kappa shape index (κ3) is 6.47. The highest BCUT2D eigenvalue weighted by Crippen LogP contribution is 2.31. The van der Waals surface area contributed by atoms with Gasteiger partial charge in [0.05, 0.1) is 20.6 Å². The number of aromatic nitrogens is 1. The van der Waals surface area contributed by atoms with Crippen molar-refractivity contribution in [3.05, 3.63) is 88.9 Å². The van der Waals surface area contributed by atoms with Gasteiger partial charge in [0, 0.05) is 24.4 Å². The summed E-state index contributed by atoms with van der Waals surface area (Å²) in [6, 6.07) is 16.7. The molecule has 0 aliphatic rings. The Morgan fingerprint density at radius 3 is 2.56 bits per heavy atom. The molecule has 0 saturated carbocycles. The Hall–Kier alpha value is -4.05. The normalized spacial score (nSPS) is 10.2. The molecule has 1 heterocycles. The molecule has 7 nitrogen and oxygen atoms in total. The van der Waals surface area contributed by atoms with E-state index >= 15 is 0 Å². The first-order chi connectivity index (χ1) is 15.6. The Morgan fingerprint density at radius 1 is 1.00 bits per heavy atom. The minimum Gasteiger partial charge on any atom is -0.497 e. The molecule has 0 spiro atoms. The smallest absolute Gasteiger partial charge is 0.241 e. The number of carbonyl (C=O) groups excluding carboxylic acids is 1. The third-order valence-electron chi connectivity index (χ3n) is 4.74. The Morgan fingerprint density at radius 2 is 1.84 bits per heavy atom. The van der Waals surface area contributed by atoms with Gasteiger partial charge < -0.3 is 24.4 Å². The van der Waals surface area contributed by atoms with E-state index in [0.29, 0.717) is 23.9 Å². The lowest BCUT2D eigenvalue weighted by Crippen LogP contribution is -2.27. The van der Waals surface area contributed by atoms with Crippen LogP contribution >= 0.6 is 0 Å². The van der Waals surface area contributed by atoms with Crippen molar-refractivity contribution in [3.8, 4) is 23.1 Å². The highest BCUT2D eigenvalue weighted by Gasteiger charge is 2.11. The maximum atomic E-state index is 12.3. The Balaban J connectivity index is 1.55. The molecule has 0 saturated heterocycles. The summed E-state index contributed by atoms with van der Waals surface area (Å²) in [5, 5.41) is 2.94. The van der Waals surface area contributed by atoms with E-state index < -0.39 is 0 Å². The fourth-order valence-electron chi connectivity index (χ4n) is 3.10. The van der Waals surface area contributed by atoms with Crippen LogP contribution in [0.4, 0.5) is 0 Å². The van der Waals surface area contributed by atoms with Crippen LogP contribution in [-0.2, 0) is 24.2 Å². The number of pyridine rings is 1. The number of nitrogens with zero attached hydrogens (tertiary/aromatic N) is 2. The molecule has 1 aromatic heterocycles. The van der Waals surface area contributed by atoms with Crippen molar-refractivity contribution in [2.45, 2.75) is 19.4 Å². The summed E-state index contributed by atoms with van der Waals surface area (Å²) in [5.41, 5.74) is 2.74. The Kier molecular flexibility index (Phi) is 8.04. The van der Waals surface area contributed by atoms with Gasteiger partial charge in [-0.1, -0.05) is 18.2 Å². The lowest BCUT2D eigenvalue weighted by atomic mass is 10.1. The van der Waals surface area contributed by atoms with E-state index in [-0.39, 0.29) is 18.9 Å². The van der Waals surface area contributed by atoms with Crippen LogP contribution in [-0.4, -0.2) is 31.7 Å². The average molecular weight is 431 g/mol. The van der Waals surface area contributed by atoms with Gasteiger partial charge in [-0.05, 0) is 47.9 Å². The lowest BCUT2D eigenvalue weighted by Gasteiger charge is -2.12. The van der Waals surface area contributed by atoms with Crippen LogP contribution in [0.5, 0.6) is 23.1 Å². The van der Waals surface area contributed by atoms with Crippen LogP contribution in [0, 0.1) is 6.57 Å². The number of ether oxygens (including phenoxy) is 3. The molecule has 0 radical (unpaired) electrons. The van der Waals surface area contributed by atoms with Gasteiger partial charge in [0.1, 0.15) is 5.75 Å². The van der Waals surface area contributed by atoms with Gasteiger partial charge in [-0.2, -0.15) is 0 Å². The Labute approximate surface area is 187 Å². The molecule has 0 fully saturated rings. The minimum atomic E-state index is -0.0688. The van der Waals surface area contributed by atoms with Gasteiger partial charge in [-0.3, -0.25) is 4.79 Å². The number of amides is 1. The molecule has 164 valence electrons. The first-order valence-electron chi connectivity index (χ1n) is 10.1. The van der Waals surface area contributed by atoms with Gasteiger partial charge in [0.25, 0.3) is 0 Å². The van der Waals surface area contributed by atoms with Crippen molar-refractivity contribution < 1.29 is 19.0 Å². The molecule has 0 unspecified atom stereocenters. The zero-order chi connectivity index (χ0) is 22.8. The predicted molar refractivity (Wildman–Crippen MR) is 121 cm³/mol. The number of carbonyl (C=O) groups is 1. The van der Waals surface area contributed by atoms with Gasteiger partial charge in [0.15, 0.2) is 11.5 Å². The second kappa shape index (κ2) is 11.4. The van der Waals surface area contributed by atoms with Crippen molar-refractivity contribution in [3.63, 3.8) is 0 Å². The molecular weight excluding hydrogens is 406 g/mol. The monoisotopic (exact) mass is 431 g/mol. The van der Waals surface area contributed by atoms with Crippen LogP contribution in [0.3, 0.4) is 0 Å². The Bertz CT molecular complexity index is 1090. The minimum absolute atomic E-state index is 0.0688. The van der Waals surface area contributed by atoms with Crippen LogP contribution in [0.15, 0.2) is 60.8 Å². The van der Waals surface area contributed by atoms with Gasteiger partial charge >= 0.3 is 0 Å². The van der Waals surface area contributed by atoms with Crippen molar-refractivity contribution in [2.75, 3.05) is 20.8 Å². The topological polar surface area (TPSA) is 74.0 Å². The standard InChI is InChI=1S/C25H25N3O4/c1-26-16-20-8-10-25(28-17-20)32-22-9-7-19(14-23(22)31-3)15-24(29)27-12-11-18-5-4-6-21(13-18)30-2/h4-10,13-14,17H,11-12,15-16H2,2-3H3,(H,27,29). The second-order valence-electron chi connectivity index (χ2n) is 7.04. The molecule has 7 heteroatoms. The summed E-state index contributed by atoms with van der Waals surface area (Å²) in [6.07, 6.45) is 2.57. The van der Waals surface area contributed by atoms with Gasteiger partial charge in [-0.25, -0.2) is 11.6 Å². The average Bonchev–Trinajstić information content (AvgIpc) is 2.81. The molecule has 3 rings (SSSR count). The van der Waals surface area contributed by atoms with Crippen LogP contribution in [0.25, 0.3) is 4.85 Å². The van der Waals surface area contributed by atoms with Crippen molar-refractivity contribution >= 4 is 5.91 Å². The van der Waals surface area contributed by atoms with E-state index in [1.54, 1.807) is 44.7 Å². The van der Waals surface area contributed by atoms with E-state index in [1.165, 1.54) is 0 Å². The van der Waals surface area contributed by atoms with Crippen molar-refractivity contribution in [1.29, 1.82) is 0 Å². The highest BCUT2D eigenvalue weighted by molar-refractivity contribution is 5.78. The molecule has 0 bridgehead atoms. The van der Waals surface area contributed by atoms with Gasteiger partial charge in [-0.15, -0.1) is 0 Å². The predicted octanol–water partition coefficient (Wildman–Crippen LogP) is 4.21. The van der Waals surface area contributed by atoms with Crippen LogP contribution in [0.1, 0.15) is 16.7 Å². The van der Waals surface area contributed by atoms with Crippen molar-refractivity contribution in [2.24, 2.45) is 0 Å². The third-order valence-corrected chi connectivity index (χ3v) is 4.74. The van der Waals surface area contributed by atoms with E-state index in [0.717, 1.165) is 28.9 Å². The number of hydrogen-bond acceptors (Lipinski definition) is 5. The summed E-state index contributed by atoms with van der Waals surface area (Å²) in [5.74, 6) is 2.15. The zero-order valence-electron chi connectivity index (χ0n) is 18.1. The van der Waals surface area contributed by atoms with Crippen LogP contribution in [0.2, 0.25) is 0 Å². The van der Waals surface area contributed by atoms with Gasteiger partial charge in [0.2, 0.25) is 18.3 Å². The molecule has 0 aliphatic heterocycles. The summed E-state index contributed by atoms with van der Waals surface area (Å²) in [6.45, 7) is 7.73.